The third kappa shape index (κ3) is 6.21. The number of nitrogen functional groups attached to an aromatic ring is 1. The molecule has 5 N–H and O–H groups in total. The van der Waals surface area contributed by atoms with Crippen molar-refractivity contribution in [2.45, 2.75) is 32.4 Å². The van der Waals surface area contributed by atoms with Crippen LogP contribution in [0.3, 0.4) is 0 Å². The average molecular weight is 269 g/mol. The lowest BCUT2D eigenvalue weighted by Crippen LogP contribution is -2.40. The second kappa shape index (κ2) is 7.75. The van der Waals surface area contributed by atoms with Crippen molar-refractivity contribution in [1.82, 2.24) is 14.7 Å². The van der Waals surface area contributed by atoms with E-state index >= 15 is 0 Å². The first kappa shape index (κ1) is 15.5. The third-order valence-corrected chi connectivity index (χ3v) is 2.73. The van der Waals surface area contributed by atoms with Gasteiger partial charge in [-0.2, -0.15) is 5.10 Å². The number of amides is 1. The summed E-state index contributed by atoms with van der Waals surface area (Å²) in [6.07, 6.45) is 4.57. The van der Waals surface area contributed by atoms with E-state index in [1.807, 2.05) is 4.90 Å². The smallest absolute Gasteiger partial charge is 0.231 e. The zero-order valence-electron chi connectivity index (χ0n) is 11.3. The maximum absolute atomic E-state index is 11.0. The number of anilines is 1. The number of aliphatic hydroxyl groups is 1. The Morgan fingerprint density at radius 1 is 1.63 bits per heavy atom. The minimum absolute atomic E-state index is 0.165. The largest absolute Gasteiger partial charge is 0.396 e. The van der Waals surface area contributed by atoms with Crippen molar-refractivity contribution in [2.24, 2.45) is 5.73 Å². The first-order chi connectivity index (χ1) is 9.01. The zero-order valence-corrected chi connectivity index (χ0v) is 11.3. The molecule has 0 aromatic carbocycles. The molecule has 0 fully saturated rings. The van der Waals surface area contributed by atoms with E-state index < -0.39 is 6.10 Å². The average Bonchev–Trinajstić information content (AvgIpc) is 2.70. The van der Waals surface area contributed by atoms with Gasteiger partial charge < -0.3 is 16.6 Å². The SMILES string of the molecule is CCCCN(CC(N)=O)CC(O)Cn1cc(N)cn1. The molecule has 1 amide bonds. The molecule has 0 spiro atoms. The first-order valence-corrected chi connectivity index (χ1v) is 6.48. The molecule has 1 atom stereocenters. The van der Waals surface area contributed by atoms with E-state index in [1.165, 1.54) is 6.20 Å². The topological polar surface area (TPSA) is 110 Å². The van der Waals surface area contributed by atoms with Gasteiger partial charge in [0.05, 0.1) is 31.1 Å². The van der Waals surface area contributed by atoms with Crippen molar-refractivity contribution in [3.05, 3.63) is 12.4 Å². The van der Waals surface area contributed by atoms with Gasteiger partial charge in [-0.05, 0) is 13.0 Å². The number of aromatic nitrogens is 2. The zero-order chi connectivity index (χ0) is 14.3. The molecule has 1 aromatic rings. The summed E-state index contributed by atoms with van der Waals surface area (Å²) in [5.41, 5.74) is 11.3. The predicted molar refractivity (Wildman–Crippen MR) is 73.2 cm³/mol. The minimum Gasteiger partial charge on any atom is -0.396 e. The summed E-state index contributed by atoms with van der Waals surface area (Å²) in [6.45, 7) is 3.72. The van der Waals surface area contributed by atoms with Crippen LogP contribution in [0.1, 0.15) is 19.8 Å². The van der Waals surface area contributed by atoms with E-state index in [2.05, 4.69) is 12.0 Å². The van der Waals surface area contributed by atoms with Crippen molar-refractivity contribution >= 4 is 11.6 Å². The number of carbonyl (C=O) groups excluding carboxylic acids is 1. The van der Waals surface area contributed by atoms with Gasteiger partial charge in [0.2, 0.25) is 5.91 Å². The fourth-order valence-electron chi connectivity index (χ4n) is 1.89. The van der Waals surface area contributed by atoms with Crippen LogP contribution in [0.4, 0.5) is 5.69 Å². The molecular formula is C12H23N5O2. The highest BCUT2D eigenvalue weighted by atomic mass is 16.3. The van der Waals surface area contributed by atoms with Crippen molar-refractivity contribution in [3.8, 4) is 0 Å². The van der Waals surface area contributed by atoms with E-state index in [9.17, 15) is 9.90 Å². The van der Waals surface area contributed by atoms with Crippen LogP contribution < -0.4 is 11.5 Å². The van der Waals surface area contributed by atoms with Gasteiger partial charge >= 0.3 is 0 Å². The van der Waals surface area contributed by atoms with E-state index in [0.717, 1.165) is 19.4 Å². The van der Waals surface area contributed by atoms with E-state index in [1.54, 1.807) is 10.9 Å². The molecule has 0 saturated heterocycles. The number of hydrogen-bond donors (Lipinski definition) is 3. The second-order valence-corrected chi connectivity index (χ2v) is 4.70. The van der Waals surface area contributed by atoms with Crippen LogP contribution in [0.15, 0.2) is 12.4 Å². The number of carbonyl (C=O) groups is 1. The summed E-state index contributed by atoms with van der Waals surface area (Å²) in [4.78, 5) is 12.8. The normalized spacial score (nSPS) is 12.8. The maximum atomic E-state index is 11.0. The molecule has 19 heavy (non-hydrogen) atoms. The number of unbranched alkanes of at least 4 members (excludes halogenated alkanes) is 1. The van der Waals surface area contributed by atoms with Gasteiger partial charge in [-0.15, -0.1) is 0 Å². The fraction of sp³-hybridized carbons (Fsp3) is 0.667. The molecule has 7 nitrogen and oxygen atoms in total. The summed E-state index contributed by atoms with van der Waals surface area (Å²) in [7, 11) is 0. The molecule has 108 valence electrons. The molecule has 7 heteroatoms. The van der Waals surface area contributed by atoms with E-state index in [0.29, 0.717) is 18.8 Å². The highest BCUT2D eigenvalue weighted by Crippen LogP contribution is 2.02. The Kier molecular flexibility index (Phi) is 6.31. The molecule has 1 rings (SSSR count). The maximum Gasteiger partial charge on any atom is 0.231 e. The monoisotopic (exact) mass is 269 g/mol. The lowest BCUT2D eigenvalue weighted by atomic mass is 10.2. The molecule has 0 aliphatic carbocycles. The summed E-state index contributed by atoms with van der Waals surface area (Å²) in [6, 6.07) is 0. The number of rotatable bonds is 9. The van der Waals surface area contributed by atoms with E-state index in [-0.39, 0.29) is 12.5 Å². The first-order valence-electron chi connectivity index (χ1n) is 6.48. The Balaban J connectivity index is 2.44. The van der Waals surface area contributed by atoms with Gasteiger partial charge in [-0.3, -0.25) is 14.4 Å². The quantitative estimate of drug-likeness (QED) is 0.555. The molecule has 1 unspecified atom stereocenters. The minimum atomic E-state index is -0.615. The van der Waals surface area contributed by atoms with Crippen LogP contribution in [0, 0.1) is 0 Å². The van der Waals surface area contributed by atoms with Crippen molar-refractivity contribution in [2.75, 3.05) is 25.4 Å². The van der Waals surface area contributed by atoms with Crippen LogP contribution in [-0.4, -0.2) is 51.4 Å². The standard InChI is InChI=1S/C12H23N5O2/c1-2-3-4-16(9-12(14)19)7-11(18)8-17-6-10(13)5-15-17/h5-6,11,18H,2-4,7-9,13H2,1H3,(H2,14,19). The summed E-state index contributed by atoms with van der Waals surface area (Å²) < 4.78 is 1.59. The third-order valence-electron chi connectivity index (χ3n) is 2.73. The van der Waals surface area contributed by atoms with Crippen LogP contribution in [-0.2, 0) is 11.3 Å². The number of hydrogen-bond acceptors (Lipinski definition) is 5. The Hall–Kier alpha value is -1.60. The Bertz CT molecular complexity index is 393. The molecule has 0 radical (unpaired) electrons. The van der Waals surface area contributed by atoms with Crippen molar-refractivity contribution < 1.29 is 9.90 Å². The molecule has 0 bridgehead atoms. The van der Waals surface area contributed by atoms with Crippen LogP contribution in [0.5, 0.6) is 0 Å². The molecule has 1 heterocycles. The van der Waals surface area contributed by atoms with Gasteiger partial charge in [0.1, 0.15) is 0 Å². The molecule has 0 aliphatic heterocycles. The highest BCUT2D eigenvalue weighted by Gasteiger charge is 2.14. The van der Waals surface area contributed by atoms with Crippen LogP contribution in [0.2, 0.25) is 0 Å². The van der Waals surface area contributed by atoms with Gasteiger partial charge in [0, 0.05) is 12.7 Å². The number of aliphatic hydroxyl groups excluding tert-OH is 1. The van der Waals surface area contributed by atoms with Crippen molar-refractivity contribution in [1.29, 1.82) is 0 Å². The van der Waals surface area contributed by atoms with Crippen LogP contribution in [0.25, 0.3) is 0 Å². The highest BCUT2D eigenvalue weighted by molar-refractivity contribution is 5.75. The molecule has 0 saturated carbocycles. The summed E-state index contributed by atoms with van der Waals surface area (Å²) in [5, 5.41) is 14.0. The Labute approximate surface area is 113 Å². The summed E-state index contributed by atoms with van der Waals surface area (Å²) >= 11 is 0. The lowest BCUT2D eigenvalue weighted by Gasteiger charge is -2.23. The fourth-order valence-corrected chi connectivity index (χ4v) is 1.89. The van der Waals surface area contributed by atoms with Crippen molar-refractivity contribution in [3.63, 3.8) is 0 Å². The van der Waals surface area contributed by atoms with Gasteiger partial charge in [0.25, 0.3) is 0 Å². The summed E-state index contributed by atoms with van der Waals surface area (Å²) in [5.74, 6) is -0.383. The second-order valence-electron chi connectivity index (χ2n) is 4.70. The Morgan fingerprint density at radius 2 is 2.37 bits per heavy atom. The number of nitrogens with two attached hydrogens (primary N) is 2. The molecular weight excluding hydrogens is 246 g/mol. The number of nitrogens with zero attached hydrogens (tertiary/aromatic N) is 3. The molecule has 1 aromatic heterocycles. The Morgan fingerprint density at radius 3 is 2.89 bits per heavy atom. The van der Waals surface area contributed by atoms with E-state index in [4.69, 9.17) is 11.5 Å². The van der Waals surface area contributed by atoms with Gasteiger partial charge in [-0.25, -0.2) is 0 Å². The van der Waals surface area contributed by atoms with Gasteiger partial charge in [0.15, 0.2) is 0 Å². The van der Waals surface area contributed by atoms with Crippen LogP contribution >= 0.6 is 0 Å². The lowest BCUT2D eigenvalue weighted by molar-refractivity contribution is -0.119. The predicted octanol–water partition coefficient (Wildman–Crippen LogP) is -0.586. The molecule has 0 aliphatic rings. The number of primary amides is 1. The van der Waals surface area contributed by atoms with Gasteiger partial charge in [-0.1, -0.05) is 13.3 Å².